The molecule has 5 nitrogen and oxygen atoms in total. The van der Waals surface area contributed by atoms with E-state index in [0.29, 0.717) is 24.4 Å². The number of aryl methyl sites for hydroxylation is 1. The molecule has 0 spiro atoms. The molecule has 0 saturated carbocycles. The fourth-order valence-electron chi connectivity index (χ4n) is 2.64. The van der Waals surface area contributed by atoms with Crippen molar-refractivity contribution < 1.29 is 9.15 Å². The third-order valence-corrected chi connectivity index (χ3v) is 5.09. The second-order valence-electron chi connectivity index (χ2n) is 5.55. The molecule has 3 rings (SSSR count). The first-order valence-electron chi connectivity index (χ1n) is 8.02. The van der Waals surface area contributed by atoms with Gasteiger partial charge in [0, 0.05) is 29.3 Å². The number of aromatic nitrogens is 2. The number of ether oxygens (including phenoxy) is 1. The Balaban J connectivity index is 1.59. The van der Waals surface area contributed by atoms with Crippen molar-refractivity contribution in [3.63, 3.8) is 0 Å². The molecule has 6 heteroatoms. The Kier molecular flexibility index (Phi) is 5.23. The Bertz CT molecular complexity index is 590. The van der Waals surface area contributed by atoms with Crippen molar-refractivity contribution in [1.29, 1.82) is 0 Å². The van der Waals surface area contributed by atoms with Crippen molar-refractivity contribution in [2.75, 3.05) is 13.2 Å². The summed E-state index contributed by atoms with van der Waals surface area (Å²) in [5, 5.41) is 8.14. The predicted molar refractivity (Wildman–Crippen MR) is 85.7 cm³/mol. The van der Waals surface area contributed by atoms with E-state index in [1.165, 1.54) is 16.2 Å². The maximum Gasteiger partial charge on any atom is 0.230 e. The van der Waals surface area contributed by atoms with Crippen LogP contribution in [0, 0.1) is 0 Å². The Morgan fingerprint density at radius 1 is 1.23 bits per heavy atom. The van der Waals surface area contributed by atoms with Crippen LogP contribution in [-0.2, 0) is 24.2 Å². The van der Waals surface area contributed by atoms with Crippen LogP contribution in [0.15, 0.2) is 16.5 Å². The maximum atomic E-state index is 5.76. The van der Waals surface area contributed by atoms with Crippen molar-refractivity contribution in [2.45, 2.75) is 52.3 Å². The first kappa shape index (κ1) is 15.6. The monoisotopic (exact) mass is 321 g/mol. The number of nitrogens with zero attached hydrogens (tertiary/aromatic N) is 3. The second-order valence-corrected chi connectivity index (χ2v) is 6.75. The van der Waals surface area contributed by atoms with Gasteiger partial charge in [-0.2, -0.15) is 0 Å². The Labute approximate surface area is 135 Å². The van der Waals surface area contributed by atoms with E-state index in [-0.39, 0.29) is 0 Å². The van der Waals surface area contributed by atoms with Crippen LogP contribution in [0.1, 0.15) is 54.3 Å². The SMILES string of the molecule is CCc1nnc(CN(CC)Cc2ccc([C@H]3CCCO3)s2)o1. The summed E-state index contributed by atoms with van der Waals surface area (Å²) in [4.78, 5) is 5.04. The molecule has 0 radical (unpaired) electrons. The number of rotatable bonds is 7. The molecule has 0 N–H and O–H groups in total. The molecule has 0 aliphatic carbocycles. The summed E-state index contributed by atoms with van der Waals surface area (Å²) in [7, 11) is 0. The Morgan fingerprint density at radius 2 is 2.09 bits per heavy atom. The molecule has 3 heterocycles. The van der Waals surface area contributed by atoms with Gasteiger partial charge in [0.25, 0.3) is 0 Å². The molecule has 1 fully saturated rings. The van der Waals surface area contributed by atoms with E-state index in [9.17, 15) is 0 Å². The van der Waals surface area contributed by atoms with Gasteiger partial charge in [0.1, 0.15) is 0 Å². The van der Waals surface area contributed by atoms with E-state index >= 15 is 0 Å². The fourth-order valence-corrected chi connectivity index (χ4v) is 3.78. The molecular weight excluding hydrogens is 298 g/mol. The normalized spacial score (nSPS) is 18.4. The van der Waals surface area contributed by atoms with Crippen LogP contribution in [0.4, 0.5) is 0 Å². The first-order valence-corrected chi connectivity index (χ1v) is 8.84. The molecule has 2 aromatic heterocycles. The van der Waals surface area contributed by atoms with Gasteiger partial charge in [-0.3, -0.25) is 4.90 Å². The van der Waals surface area contributed by atoms with Crippen LogP contribution in [0.3, 0.4) is 0 Å². The highest BCUT2D eigenvalue weighted by atomic mass is 32.1. The molecule has 22 heavy (non-hydrogen) atoms. The lowest BCUT2D eigenvalue weighted by Crippen LogP contribution is -2.22. The third-order valence-electron chi connectivity index (χ3n) is 3.93. The van der Waals surface area contributed by atoms with Crippen molar-refractivity contribution in [1.82, 2.24) is 15.1 Å². The van der Waals surface area contributed by atoms with Gasteiger partial charge in [0.15, 0.2) is 0 Å². The van der Waals surface area contributed by atoms with E-state index in [0.717, 1.165) is 32.5 Å². The molecular formula is C16H23N3O2S. The van der Waals surface area contributed by atoms with E-state index in [2.05, 4.69) is 34.2 Å². The summed E-state index contributed by atoms with van der Waals surface area (Å²) in [5.74, 6) is 1.41. The lowest BCUT2D eigenvalue weighted by Gasteiger charge is -2.17. The third kappa shape index (κ3) is 3.74. The van der Waals surface area contributed by atoms with Crippen molar-refractivity contribution in [3.8, 4) is 0 Å². The molecule has 1 aliphatic heterocycles. The molecule has 1 aliphatic rings. The van der Waals surface area contributed by atoms with Gasteiger partial charge in [0.05, 0.1) is 12.6 Å². The highest BCUT2D eigenvalue weighted by Gasteiger charge is 2.20. The predicted octanol–water partition coefficient (Wildman–Crippen LogP) is 3.57. The number of thiophene rings is 1. The average molecular weight is 321 g/mol. The summed E-state index contributed by atoms with van der Waals surface area (Å²) in [6, 6.07) is 4.43. The summed E-state index contributed by atoms with van der Waals surface area (Å²) in [6.07, 6.45) is 3.43. The van der Waals surface area contributed by atoms with Crippen LogP contribution < -0.4 is 0 Å². The van der Waals surface area contributed by atoms with Gasteiger partial charge in [-0.25, -0.2) is 0 Å². The van der Waals surface area contributed by atoms with Crippen molar-refractivity contribution in [2.24, 2.45) is 0 Å². The largest absolute Gasteiger partial charge is 0.424 e. The van der Waals surface area contributed by atoms with Gasteiger partial charge in [-0.1, -0.05) is 13.8 Å². The van der Waals surface area contributed by atoms with Gasteiger partial charge >= 0.3 is 0 Å². The number of hydrogen-bond acceptors (Lipinski definition) is 6. The lowest BCUT2D eigenvalue weighted by atomic mass is 10.2. The van der Waals surface area contributed by atoms with E-state index in [1.807, 2.05) is 18.3 Å². The zero-order valence-electron chi connectivity index (χ0n) is 13.2. The average Bonchev–Trinajstić information content (AvgIpc) is 3.27. The first-order chi connectivity index (χ1) is 10.8. The minimum atomic E-state index is 0.317. The van der Waals surface area contributed by atoms with Crippen molar-refractivity contribution >= 4 is 11.3 Å². The maximum absolute atomic E-state index is 5.76. The molecule has 2 aromatic rings. The lowest BCUT2D eigenvalue weighted by molar-refractivity contribution is 0.114. The summed E-state index contributed by atoms with van der Waals surface area (Å²) in [5.41, 5.74) is 0. The van der Waals surface area contributed by atoms with Gasteiger partial charge < -0.3 is 9.15 Å². The molecule has 0 aromatic carbocycles. The van der Waals surface area contributed by atoms with Gasteiger partial charge in [-0.15, -0.1) is 21.5 Å². The molecule has 120 valence electrons. The van der Waals surface area contributed by atoms with E-state index in [4.69, 9.17) is 9.15 Å². The van der Waals surface area contributed by atoms with Crippen LogP contribution in [0.25, 0.3) is 0 Å². The standard InChI is InChI=1S/C16H23N3O2S/c1-3-15-17-18-16(21-15)11-19(4-2)10-12-7-8-14(22-12)13-6-5-9-20-13/h7-8,13H,3-6,9-11H2,1-2H3/t13-/m1/s1. The molecule has 1 saturated heterocycles. The summed E-state index contributed by atoms with van der Waals surface area (Å²) < 4.78 is 11.4. The summed E-state index contributed by atoms with van der Waals surface area (Å²) in [6.45, 7) is 7.65. The Hall–Kier alpha value is -1.24. The number of hydrogen-bond donors (Lipinski definition) is 0. The van der Waals surface area contributed by atoms with Crippen LogP contribution in [0.5, 0.6) is 0 Å². The van der Waals surface area contributed by atoms with Crippen LogP contribution in [0.2, 0.25) is 0 Å². The van der Waals surface area contributed by atoms with Crippen LogP contribution >= 0.6 is 11.3 Å². The van der Waals surface area contributed by atoms with E-state index in [1.54, 1.807) is 0 Å². The van der Waals surface area contributed by atoms with Gasteiger partial charge in [-0.05, 0) is 31.5 Å². The zero-order valence-corrected chi connectivity index (χ0v) is 14.1. The zero-order chi connectivity index (χ0) is 15.4. The molecule has 0 amide bonds. The van der Waals surface area contributed by atoms with Crippen LogP contribution in [-0.4, -0.2) is 28.2 Å². The van der Waals surface area contributed by atoms with E-state index < -0.39 is 0 Å². The smallest absolute Gasteiger partial charge is 0.230 e. The van der Waals surface area contributed by atoms with Gasteiger partial charge in [0.2, 0.25) is 11.8 Å². The molecule has 1 atom stereocenters. The highest BCUT2D eigenvalue weighted by molar-refractivity contribution is 7.12. The quantitative estimate of drug-likeness (QED) is 0.780. The minimum Gasteiger partial charge on any atom is -0.424 e. The minimum absolute atomic E-state index is 0.317. The fraction of sp³-hybridized carbons (Fsp3) is 0.625. The highest BCUT2D eigenvalue weighted by Crippen LogP contribution is 2.33. The molecule has 0 unspecified atom stereocenters. The van der Waals surface area contributed by atoms with Crippen molar-refractivity contribution in [3.05, 3.63) is 33.7 Å². The summed E-state index contributed by atoms with van der Waals surface area (Å²) >= 11 is 1.86. The second kappa shape index (κ2) is 7.35. The molecule has 0 bridgehead atoms. The topological polar surface area (TPSA) is 51.4 Å². The Morgan fingerprint density at radius 3 is 2.77 bits per heavy atom.